The van der Waals surface area contributed by atoms with Crippen molar-refractivity contribution in [3.8, 4) is 6.07 Å². The van der Waals surface area contributed by atoms with E-state index in [0.717, 1.165) is 4.47 Å². The molecule has 90 valence electrons. The molecule has 3 nitrogen and oxygen atoms in total. The fourth-order valence-electron chi connectivity index (χ4n) is 1.48. The highest BCUT2D eigenvalue weighted by atomic mass is 79.9. The molecule has 0 aliphatic rings. The molecule has 2 rings (SSSR count). The van der Waals surface area contributed by atoms with Crippen molar-refractivity contribution < 1.29 is 4.39 Å². The summed E-state index contributed by atoms with van der Waals surface area (Å²) in [5.74, 6) is -0.537. The average Bonchev–Trinajstić information content (AvgIpc) is 2.36. The van der Waals surface area contributed by atoms with Crippen LogP contribution in [0.4, 0.5) is 21.5 Å². The second kappa shape index (κ2) is 5.07. The van der Waals surface area contributed by atoms with E-state index in [-0.39, 0.29) is 5.56 Å². The molecule has 5 heteroatoms. The summed E-state index contributed by atoms with van der Waals surface area (Å²) < 4.78 is 14.0. The molecule has 0 radical (unpaired) electrons. The molecule has 0 heterocycles. The highest BCUT2D eigenvalue weighted by molar-refractivity contribution is 9.10. The molecule has 0 aromatic heterocycles. The third kappa shape index (κ3) is 2.60. The SMILES string of the molecule is N#Cc1cc(Nc2cc(Br)ccc2N)ccc1F. The molecule has 0 atom stereocenters. The molecule has 0 spiro atoms. The maximum atomic E-state index is 13.2. The second-order valence-electron chi connectivity index (χ2n) is 3.66. The standard InChI is InChI=1S/C13H9BrFN3/c14-9-1-4-12(17)13(6-9)18-10-2-3-11(15)8(5-10)7-16/h1-6,18H,17H2. The van der Waals surface area contributed by atoms with Crippen LogP contribution in [0.1, 0.15) is 5.56 Å². The fraction of sp³-hybridized carbons (Fsp3) is 0. The van der Waals surface area contributed by atoms with Gasteiger partial charge in [0.2, 0.25) is 0 Å². The van der Waals surface area contributed by atoms with Gasteiger partial charge in [-0.25, -0.2) is 4.39 Å². The number of hydrogen-bond acceptors (Lipinski definition) is 3. The number of nitrogens with one attached hydrogen (secondary N) is 1. The van der Waals surface area contributed by atoms with Crippen LogP contribution in [0.15, 0.2) is 40.9 Å². The molecule has 0 amide bonds. The Kier molecular flexibility index (Phi) is 3.49. The second-order valence-corrected chi connectivity index (χ2v) is 4.58. The highest BCUT2D eigenvalue weighted by Crippen LogP contribution is 2.27. The van der Waals surface area contributed by atoms with Crippen molar-refractivity contribution in [3.05, 3.63) is 52.3 Å². The van der Waals surface area contributed by atoms with Gasteiger partial charge in [-0.2, -0.15) is 5.26 Å². The molecule has 0 aliphatic carbocycles. The van der Waals surface area contributed by atoms with E-state index in [1.807, 2.05) is 12.1 Å². The van der Waals surface area contributed by atoms with E-state index in [2.05, 4.69) is 21.2 Å². The lowest BCUT2D eigenvalue weighted by atomic mass is 10.2. The summed E-state index contributed by atoms with van der Waals surface area (Å²) in [6, 6.07) is 11.4. The first-order valence-corrected chi connectivity index (χ1v) is 5.91. The van der Waals surface area contributed by atoms with Gasteiger partial charge in [0, 0.05) is 10.2 Å². The van der Waals surface area contributed by atoms with Crippen LogP contribution >= 0.6 is 15.9 Å². The number of benzene rings is 2. The normalized spacial score (nSPS) is 9.83. The first-order valence-electron chi connectivity index (χ1n) is 5.12. The Balaban J connectivity index is 2.34. The number of nitrogens with two attached hydrogens (primary N) is 1. The van der Waals surface area contributed by atoms with Crippen molar-refractivity contribution in [1.82, 2.24) is 0 Å². The molecule has 0 saturated heterocycles. The molecule has 2 aromatic rings. The monoisotopic (exact) mass is 305 g/mol. The van der Waals surface area contributed by atoms with Crippen LogP contribution in [0.3, 0.4) is 0 Å². The van der Waals surface area contributed by atoms with Crippen LogP contribution < -0.4 is 11.1 Å². The van der Waals surface area contributed by atoms with E-state index >= 15 is 0 Å². The van der Waals surface area contributed by atoms with E-state index in [1.54, 1.807) is 18.2 Å². The summed E-state index contributed by atoms with van der Waals surface area (Å²) in [5.41, 5.74) is 7.68. The van der Waals surface area contributed by atoms with Gasteiger partial charge in [-0.05, 0) is 36.4 Å². The zero-order valence-corrected chi connectivity index (χ0v) is 10.8. The van der Waals surface area contributed by atoms with E-state index < -0.39 is 5.82 Å². The van der Waals surface area contributed by atoms with Gasteiger partial charge in [-0.3, -0.25) is 0 Å². The number of nitrogens with zero attached hydrogens (tertiary/aromatic N) is 1. The topological polar surface area (TPSA) is 61.8 Å². The van der Waals surface area contributed by atoms with Gasteiger partial charge in [-0.15, -0.1) is 0 Å². The van der Waals surface area contributed by atoms with Crippen molar-refractivity contribution >= 4 is 33.0 Å². The summed E-state index contributed by atoms with van der Waals surface area (Å²) in [4.78, 5) is 0. The minimum atomic E-state index is -0.537. The predicted octanol–water partition coefficient (Wildman–Crippen LogP) is 3.79. The van der Waals surface area contributed by atoms with Gasteiger partial charge in [0.25, 0.3) is 0 Å². The summed E-state index contributed by atoms with van der Waals surface area (Å²) in [5, 5.41) is 11.8. The maximum Gasteiger partial charge on any atom is 0.141 e. The van der Waals surface area contributed by atoms with Crippen molar-refractivity contribution in [2.45, 2.75) is 0 Å². The molecular formula is C13H9BrFN3. The Hall–Kier alpha value is -2.06. The minimum Gasteiger partial charge on any atom is -0.397 e. The smallest absolute Gasteiger partial charge is 0.141 e. The first-order chi connectivity index (χ1) is 8.60. The first kappa shape index (κ1) is 12.4. The Morgan fingerprint density at radius 3 is 2.72 bits per heavy atom. The fourth-order valence-corrected chi connectivity index (χ4v) is 1.84. The molecular weight excluding hydrogens is 297 g/mol. The van der Waals surface area contributed by atoms with Crippen LogP contribution in [-0.4, -0.2) is 0 Å². The van der Waals surface area contributed by atoms with Gasteiger partial charge in [-0.1, -0.05) is 15.9 Å². The van der Waals surface area contributed by atoms with Crippen LogP contribution in [0.5, 0.6) is 0 Å². The largest absolute Gasteiger partial charge is 0.397 e. The van der Waals surface area contributed by atoms with Crippen LogP contribution in [0.2, 0.25) is 0 Å². The average molecular weight is 306 g/mol. The van der Waals surface area contributed by atoms with Gasteiger partial charge in [0.1, 0.15) is 11.9 Å². The minimum absolute atomic E-state index is 0.00596. The van der Waals surface area contributed by atoms with E-state index in [4.69, 9.17) is 11.0 Å². The quantitative estimate of drug-likeness (QED) is 0.830. The van der Waals surface area contributed by atoms with Crippen molar-refractivity contribution in [3.63, 3.8) is 0 Å². The summed E-state index contributed by atoms with van der Waals surface area (Å²) >= 11 is 3.34. The van der Waals surface area contributed by atoms with Gasteiger partial charge in [0.15, 0.2) is 0 Å². The molecule has 2 aromatic carbocycles. The molecule has 0 bridgehead atoms. The van der Waals surface area contributed by atoms with E-state index in [0.29, 0.717) is 17.1 Å². The Morgan fingerprint density at radius 1 is 1.22 bits per heavy atom. The summed E-state index contributed by atoms with van der Waals surface area (Å²) in [7, 11) is 0. The predicted molar refractivity (Wildman–Crippen MR) is 73.0 cm³/mol. The zero-order chi connectivity index (χ0) is 13.1. The van der Waals surface area contributed by atoms with Crippen molar-refractivity contribution in [2.24, 2.45) is 0 Å². The lowest BCUT2D eigenvalue weighted by Gasteiger charge is -2.10. The third-order valence-electron chi connectivity index (χ3n) is 2.38. The number of halogens is 2. The Labute approximate surface area is 112 Å². The number of rotatable bonds is 2. The number of nitrogen functional groups attached to an aromatic ring is 1. The third-order valence-corrected chi connectivity index (χ3v) is 2.87. The number of nitriles is 1. The molecule has 0 aliphatic heterocycles. The number of hydrogen-bond donors (Lipinski definition) is 2. The number of anilines is 3. The van der Waals surface area contributed by atoms with Gasteiger partial charge < -0.3 is 11.1 Å². The van der Waals surface area contributed by atoms with Gasteiger partial charge >= 0.3 is 0 Å². The van der Waals surface area contributed by atoms with Crippen molar-refractivity contribution in [1.29, 1.82) is 5.26 Å². The lowest BCUT2D eigenvalue weighted by molar-refractivity contribution is 0.624. The van der Waals surface area contributed by atoms with Crippen LogP contribution in [0, 0.1) is 17.1 Å². The Morgan fingerprint density at radius 2 is 2.00 bits per heavy atom. The summed E-state index contributed by atoms with van der Waals surface area (Å²) in [6.07, 6.45) is 0. The molecule has 0 saturated carbocycles. The maximum absolute atomic E-state index is 13.2. The summed E-state index contributed by atoms with van der Waals surface area (Å²) in [6.45, 7) is 0. The highest BCUT2D eigenvalue weighted by Gasteiger charge is 2.05. The van der Waals surface area contributed by atoms with Crippen LogP contribution in [-0.2, 0) is 0 Å². The van der Waals surface area contributed by atoms with E-state index in [1.165, 1.54) is 12.1 Å². The molecule has 18 heavy (non-hydrogen) atoms. The molecule has 0 unspecified atom stereocenters. The Bertz CT molecular complexity index is 635. The van der Waals surface area contributed by atoms with Gasteiger partial charge in [0.05, 0.1) is 16.9 Å². The molecule has 3 N–H and O–H groups in total. The van der Waals surface area contributed by atoms with Crippen LogP contribution in [0.25, 0.3) is 0 Å². The zero-order valence-electron chi connectivity index (χ0n) is 9.24. The van der Waals surface area contributed by atoms with Crippen molar-refractivity contribution in [2.75, 3.05) is 11.1 Å². The van der Waals surface area contributed by atoms with E-state index in [9.17, 15) is 4.39 Å². The molecule has 0 fully saturated rings. The lowest BCUT2D eigenvalue weighted by Crippen LogP contribution is -1.97.